The number of nitrogens with one attached hydrogen (secondary N) is 1. The van der Waals surface area contributed by atoms with Gasteiger partial charge >= 0.3 is 6.92 Å². The van der Waals surface area contributed by atoms with Crippen LogP contribution in [0.15, 0.2) is 54.6 Å². The molecule has 0 aromatic heterocycles. The number of rotatable bonds is 13. The fraction of sp³-hybridized carbons (Fsp3) is 0.609. The lowest BCUT2D eigenvalue weighted by Gasteiger charge is -2.41. The van der Waals surface area contributed by atoms with Gasteiger partial charge in [0.1, 0.15) is 0 Å². The van der Waals surface area contributed by atoms with Crippen molar-refractivity contribution in [2.24, 2.45) is 5.92 Å². The predicted molar refractivity (Wildman–Crippen MR) is 216 cm³/mol. The highest BCUT2D eigenvalue weighted by Crippen LogP contribution is 2.48. The fourth-order valence-corrected chi connectivity index (χ4v) is 9.24. The van der Waals surface area contributed by atoms with Gasteiger partial charge in [0.15, 0.2) is 0 Å². The van der Waals surface area contributed by atoms with E-state index in [9.17, 15) is 0 Å². The van der Waals surface area contributed by atoms with Gasteiger partial charge in [-0.25, -0.2) is 0 Å². The van der Waals surface area contributed by atoms with Gasteiger partial charge in [-0.3, -0.25) is 0 Å². The Hall–Kier alpha value is -2.52. The molecule has 2 nitrogen and oxygen atoms in total. The lowest BCUT2D eigenvalue weighted by molar-refractivity contribution is 0.214. The van der Waals surface area contributed by atoms with Crippen molar-refractivity contribution in [3.63, 3.8) is 0 Å². The maximum atomic E-state index is 7.15. The molecule has 3 aromatic rings. The summed E-state index contributed by atoms with van der Waals surface area (Å²) in [5.74, 6) is 3.18. The van der Waals surface area contributed by atoms with Crippen molar-refractivity contribution in [2.75, 3.05) is 5.32 Å². The molecule has 2 aliphatic carbocycles. The lowest BCUT2D eigenvalue weighted by Crippen LogP contribution is -2.50. The normalized spacial score (nSPS) is 17.1. The summed E-state index contributed by atoms with van der Waals surface area (Å²) < 4.78 is 7.15. The molecule has 266 valence electrons. The van der Waals surface area contributed by atoms with Gasteiger partial charge in [0, 0.05) is 28.9 Å². The molecule has 2 saturated carbocycles. The van der Waals surface area contributed by atoms with Crippen molar-refractivity contribution in [1.82, 2.24) is 0 Å². The number of anilines is 1. The van der Waals surface area contributed by atoms with Gasteiger partial charge in [-0.1, -0.05) is 161 Å². The zero-order valence-corrected chi connectivity index (χ0v) is 32.9. The third-order valence-electron chi connectivity index (χ3n) is 11.7. The van der Waals surface area contributed by atoms with E-state index in [1.54, 1.807) is 0 Å². The second-order valence-corrected chi connectivity index (χ2v) is 17.1. The summed E-state index contributed by atoms with van der Waals surface area (Å²) in [6.07, 6.45) is 13.4. The molecule has 0 spiro atoms. The average molecular weight is 662 g/mol. The van der Waals surface area contributed by atoms with E-state index in [1.165, 1.54) is 114 Å². The van der Waals surface area contributed by atoms with E-state index in [1.807, 2.05) is 0 Å². The third kappa shape index (κ3) is 8.69. The molecular formula is C46H68BNO. The molecule has 0 saturated heterocycles. The zero-order valence-electron chi connectivity index (χ0n) is 32.9. The van der Waals surface area contributed by atoms with E-state index < -0.39 is 0 Å². The van der Waals surface area contributed by atoms with Crippen LogP contribution in [0.4, 0.5) is 5.69 Å². The van der Waals surface area contributed by atoms with Crippen LogP contribution in [-0.2, 0) is 4.65 Å². The first kappa shape index (κ1) is 37.7. The summed E-state index contributed by atoms with van der Waals surface area (Å²) in [5.41, 5.74) is 12.7. The van der Waals surface area contributed by atoms with E-state index >= 15 is 0 Å². The topological polar surface area (TPSA) is 21.3 Å². The molecule has 2 aliphatic rings. The zero-order chi connectivity index (χ0) is 35.2. The van der Waals surface area contributed by atoms with Crippen molar-refractivity contribution in [3.8, 4) is 22.3 Å². The molecule has 1 unspecified atom stereocenters. The van der Waals surface area contributed by atoms with E-state index in [0.717, 1.165) is 0 Å². The molecule has 2 fully saturated rings. The minimum Gasteiger partial charge on any atom is -0.431 e. The minimum absolute atomic E-state index is 0.206. The largest absolute Gasteiger partial charge is 0.431 e. The van der Waals surface area contributed by atoms with Crippen LogP contribution in [0, 0.1) is 5.92 Å². The predicted octanol–water partition coefficient (Wildman–Crippen LogP) is 14.2. The number of hydrogen-bond donors (Lipinski definition) is 1. The number of hydrogen-bond acceptors (Lipinski definition) is 2. The molecule has 0 aliphatic heterocycles. The van der Waals surface area contributed by atoms with Crippen molar-refractivity contribution in [2.45, 2.75) is 175 Å². The summed E-state index contributed by atoms with van der Waals surface area (Å²) >= 11 is 0. The summed E-state index contributed by atoms with van der Waals surface area (Å²) in [6.45, 7) is 23.7. The van der Waals surface area contributed by atoms with E-state index in [-0.39, 0.29) is 19.0 Å². The van der Waals surface area contributed by atoms with Gasteiger partial charge in [-0.15, -0.1) is 0 Å². The Balaban J connectivity index is 1.84. The van der Waals surface area contributed by atoms with Gasteiger partial charge < -0.3 is 9.97 Å². The molecule has 3 aromatic carbocycles. The maximum Gasteiger partial charge on any atom is 0.319 e. The Morgan fingerprint density at radius 3 is 1.31 bits per heavy atom. The smallest absolute Gasteiger partial charge is 0.319 e. The second-order valence-electron chi connectivity index (χ2n) is 17.1. The van der Waals surface area contributed by atoms with Crippen LogP contribution in [0.25, 0.3) is 22.3 Å². The Labute approximate surface area is 301 Å². The van der Waals surface area contributed by atoms with E-state index in [0.29, 0.717) is 35.4 Å². The minimum atomic E-state index is 0.206. The molecule has 0 amide bonds. The van der Waals surface area contributed by atoms with Crippen molar-refractivity contribution < 1.29 is 4.65 Å². The van der Waals surface area contributed by atoms with Crippen molar-refractivity contribution >= 4 is 12.6 Å². The molecule has 0 radical (unpaired) electrons. The average Bonchev–Trinajstić information content (AvgIpc) is 3.09. The van der Waals surface area contributed by atoms with Gasteiger partial charge in [0.25, 0.3) is 0 Å². The van der Waals surface area contributed by atoms with Crippen molar-refractivity contribution in [3.05, 3.63) is 76.9 Å². The number of benzene rings is 3. The molecule has 0 bridgehead atoms. The quantitative estimate of drug-likeness (QED) is 0.184. The van der Waals surface area contributed by atoms with Gasteiger partial charge in [-0.05, 0) is 95.5 Å². The Morgan fingerprint density at radius 1 is 0.531 bits per heavy atom. The molecule has 0 heterocycles. The Kier molecular flexibility index (Phi) is 13.2. The first-order valence-electron chi connectivity index (χ1n) is 20.3. The summed E-state index contributed by atoms with van der Waals surface area (Å²) in [7, 11) is 0. The van der Waals surface area contributed by atoms with Crippen LogP contribution in [0.3, 0.4) is 0 Å². The monoisotopic (exact) mass is 662 g/mol. The Morgan fingerprint density at radius 2 is 0.918 bits per heavy atom. The van der Waals surface area contributed by atoms with E-state index in [2.05, 4.69) is 129 Å². The molecule has 1 N–H and O–H groups in total. The first-order chi connectivity index (χ1) is 23.5. The summed E-state index contributed by atoms with van der Waals surface area (Å²) in [5, 5.41) is 4.53. The highest BCUT2D eigenvalue weighted by atomic mass is 16.4. The van der Waals surface area contributed by atoms with Crippen LogP contribution in [-0.4, -0.2) is 19.0 Å². The highest BCUT2D eigenvalue weighted by molar-refractivity contribution is 6.56. The van der Waals surface area contributed by atoms with Crippen molar-refractivity contribution in [1.29, 1.82) is 0 Å². The van der Waals surface area contributed by atoms with Crippen LogP contribution in [0.2, 0.25) is 5.82 Å². The SMILES string of the molecule is CC(C)OB(C1CCCCC1)C(Nc1c(-c2c(C(C)C)cccc2C(C)C)cccc1-c1c(C(C)C)cccc1C(C)C)C1CCCCC1. The lowest BCUT2D eigenvalue weighted by atomic mass is 9.43. The maximum absolute atomic E-state index is 7.15. The first-order valence-corrected chi connectivity index (χ1v) is 20.3. The van der Waals surface area contributed by atoms with Crippen LogP contribution < -0.4 is 5.32 Å². The molecular weight excluding hydrogens is 593 g/mol. The third-order valence-corrected chi connectivity index (χ3v) is 11.7. The molecule has 5 rings (SSSR count). The Bertz CT molecular complexity index is 1360. The second kappa shape index (κ2) is 17.1. The highest BCUT2D eigenvalue weighted by Gasteiger charge is 2.42. The van der Waals surface area contributed by atoms with Crippen LogP contribution in [0.5, 0.6) is 0 Å². The fourth-order valence-electron chi connectivity index (χ4n) is 9.24. The summed E-state index contributed by atoms with van der Waals surface area (Å²) in [4.78, 5) is 0. The van der Waals surface area contributed by atoms with Crippen LogP contribution >= 0.6 is 0 Å². The molecule has 49 heavy (non-hydrogen) atoms. The van der Waals surface area contributed by atoms with Crippen LogP contribution in [0.1, 0.15) is 179 Å². The number of para-hydroxylation sites is 1. The molecule has 3 heteroatoms. The van der Waals surface area contributed by atoms with Gasteiger partial charge in [0.2, 0.25) is 0 Å². The van der Waals surface area contributed by atoms with Gasteiger partial charge in [-0.2, -0.15) is 0 Å². The van der Waals surface area contributed by atoms with E-state index in [4.69, 9.17) is 4.65 Å². The van der Waals surface area contributed by atoms with Gasteiger partial charge in [0.05, 0.1) is 0 Å². The molecule has 1 atom stereocenters. The summed E-state index contributed by atoms with van der Waals surface area (Å²) in [6, 6.07) is 21.3. The standard InChI is InChI=1S/C46H68BNO/c1-30(2)37-24-17-25-38(31(3)4)43(37)41-28-19-29-42(44-39(32(5)6)26-18-27-40(44)33(7)8)45(41)48-46(35-20-13-11-14-21-35)47(49-34(9)10)36-22-15-12-16-23-36/h17-19,24-36,46,48H,11-16,20-23H2,1-10H3.